The Hall–Kier alpha value is -1.10. The first-order chi connectivity index (χ1) is 7.38. The van der Waals surface area contributed by atoms with Crippen LogP contribution in [0.2, 0.25) is 0 Å². The zero-order valence-electron chi connectivity index (χ0n) is 7.94. The van der Waals surface area contributed by atoms with Crippen molar-refractivity contribution in [1.29, 1.82) is 0 Å². The molecular weight excluding hydrogens is 248 g/mol. The molecule has 0 amide bonds. The van der Waals surface area contributed by atoms with Crippen LogP contribution < -0.4 is 0 Å². The summed E-state index contributed by atoms with van der Waals surface area (Å²) in [6, 6.07) is 2.67. The lowest BCUT2D eigenvalue weighted by Crippen LogP contribution is -2.15. The van der Waals surface area contributed by atoms with Gasteiger partial charge in [0, 0.05) is 17.9 Å². The molecule has 0 saturated carbocycles. The van der Waals surface area contributed by atoms with Crippen molar-refractivity contribution in [3.05, 3.63) is 35.1 Å². The minimum Gasteiger partial charge on any atom is -0.294 e. The van der Waals surface area contributed by atoms with E-state index in [4.69, 9.17) is 11.6 Å². The molecule has 88 valence electrons. The fraction of sp³-hybridized carbons (Fsp3) is 0.300. The van der Waals surface area contributed by atoms with Crippen LogP contribution in [0.4, 0.5) is 17.6 Å². The van der Waals surface area contributed by atoms with E-state index in [1.165, 1.54) is 0 Å². The van der Waals surface area contributed by atoms with E-state index in [9.17, 15) is 22.4 Å². The topological polar surface area (TPSA) is 17.1 Å². The molecule has 6 heteroatoms. The Labute approximate surface area is 94.0 Å². The van der Waals surface area contributed by atoms with Gasteiger partial charge in [0.25, 0.3) is 0 Å². The number of halogens is 5. The fourth-order valence-electron chi connectivity index (χ4n) is 1.27. The predicted molar refractivity (Wildman–Crippen MR) is 51.1 cm³/mol. The molecule has 0 saturated heterocycles. The van der Waals surface area contributed by atoms with Crippen molar-refractivity contribution in [2.75, 3.05) is 5.88 Å². The second-order valence-corrected chi connectivity index (χ2v) is 3.40. The van der Waals surface area contributed by atoms with Gasteiger partial charge in [-0.1, -0.05) is 12.1 Å². The highest BCUT2D eigenvalue weighted by molar-refractivity contribution is 6.19. The average Bonchev–Trinajstić information content (AvgIpc) is 2.15. The van der Waals surface area contributed by atoms with Crippen LogP contribution >= 0.6 is 11.6 Å². The van der Waals surface area contributed by atoms with E-state index in [-0.39, 0.29) is 12.3 Å². The molecule has 0 aliphatic heterocycles. The largest absolute Gasteiger partial charge is 0.419 e. The molecule has 0 aromatic heterocycles. The van der Waals surface area contributed by atoms with E-state index in [2.05, 4.69) is 0 Å². The molecule has 0 unspecified atom stereocenters. The first kappa shape index (κ1) is 13.0. The SMILES string of the molecule is O=C(CCCl)c1cccc(F)c1C(F)(F)F. The number of alkyl halides is 4. The third-order valence-electron chi connectivity index (χ3n) is 1.92. The van der Waals surface area contributed by atoms with Crippen molar-refractivity contribution >= 4 is 17.4 Å². The van der Waals surface area contributed by atoms with E-state index in [0.717, 1.165) is 12.1 Å². The lowest BCUT2D eigenvalue weighted by Gasteiger charge is -2.12. The second-order valence-electron chi connectivity index (χ2n) is 3.02. The van der Waals surface area contributed by atoms with Crippen LogP contribution in [0.3, 0.4) is 0 Å². The molecule has 1 aromatic rings. The van der Waals surface area contributed by atoms with Gasteiger partial charge >= 0.3 is 6.18 Å². The Balaban J connectivity index is 3.29. The summed E-state index contributed by atoms with van der Waals surface area (Å²) < 4.78 is 50.5. The van der Waals surface area contributed by atoms with Gasteiger partial charge in [0.2, 0.25) is 0 Å². The Morgan fingerprint density at radius 3 is 2.44 bits per heavy atom. The van der Waals surface area contributed by atoms with Crippen LogP contribution in [0.1, 0.15) is 22.3 Å². The molecule has 0 radical (unpaired) electrons. The highest BCUT2D eigenvalue weighted by Crippen LogP contribution is 2.34. The summed E-state index contributed by atoms with van der Waals surface area (Å²) in [4.78, 5) is 11.3. The monoisotopic (exact) mass is 254 g/mol. The number of ketones is 1. The predicted octanol–water partition coefficient (Wildman–Crippen LogP) is 3.66. The third-order valence-corrected chi connectivity index (χ3v) is 2.11. The number of rotatable bonds is 3. The number of benzene rings is 1. The van der Waals surface area contributed by atoms with Crippen molar-refractivity contribution in [1.82, 2.24) is 0 Å². The molecule has 1 aromatic carbocycles. The highest BCUT2D eigenvalue weighted by atomic mass is 35.5. The van der Waals surface area contributed by atoms with E-state index in [1.54, 1.807) is 0 Å². The van der Waals surface area contributed by atoms with Crippen LogP contribution in [-0.4, -0.2) is 11.7 Å². The molecule has 0 spiro atoms. The zero-order chi connectivity index (χ0) is 12.3. The summed E-state index contributed by atoms with van der Waals surface area (Å²) in [5, 5.41) is 0. The first-order valence-corrected chi connectivity index (χ1v) is 4.86. The van der Waals surface area contributed by atoms with Gasteiger partial charge in [-0.15, -0.1) is 11.6 Å². The summed E-state index contributed by atoms with van der Waals surface area (Å²) in [6.45, 7) is 0. The second kappa shape index (κ2) is 4.82. The maximum Gasteiger partial charge on any atom is 0.419 e. The van der Waals surface area contributed by atoms with Crippen LogP contribution in [0.15, 0.2) is 18.2 Å². The Kier molecular flexibility index (Phi) is 3.91. The third kappa shape index (κ3) is 2.72. The van der Waals surface area contributed by atoms with Crippen LogP contribution in [0, 0.1) is 5.82 Å². The molecule has 0 N–H and O–H groups in total. The van der Waals surface area contributed by atoms with Crippen molar-refractivity contribution in [2.24, 2.45) is 0 Å². The standard InChI is InChI=1S/C10H7ClF4O/c11-5-4-8(16)6-2-1-3-7(12)9(6)10(13,14)15/h1-3H,4-5H2. The van der Waals surface area contributed by atoms with Crippen molar-refractivity contribution in [2.45, 2.75) is 12.6 Å². The quantitative estimate of drug-likeness (QED) is 0.457. The van der Waals surface area contributed by atoms with Gasteiger partial charge in [0.15, 0.2) is 5.78 Å². The Morgan fingerprint density at radius 2 is 1.94 bits per heavy atom. The minimum absolute atomic E-state index is 0.105. The average molecular weight is 255 g/mol. The molecule has 1 nitrogen and oxygen atoms in total. The van der Waals surface area contributed by atoms with Gasteiger partial charge in [-0.2, -0.15) is 13.2 Å². The maximum atomic E-state index is 13.0. The number of carbonyl (C=O) groups is 1. The zero-order valence-corrected chi connectivity index (χ0v) is 8.70. The molecule has 0 aliphatic carbocycles. The molecule has 1 rings (SSSR count). The molecule has 0 atom stereocenters. The maximum absolute atomic E-state index is 13.0. The number of Topliss-reactive ketones (excluding diaryl/α,β-unsaturated/α-hetero) is 1. The minimum atomic E-state index is -4.89. The summed E-state index contributed by atoms with van der Waals surface area (Å²) in [5.41, 5.74) is -2.20. The number of carbonyl (C=O) groups excluding carboxylic acids is 1. The van der Waals surface area contributed by atoms with Gasteiger partial charge < -0.3 is 0 Å². The Bertz CT molecular complexity index is 400. The van der Waals surface area contributed by atoms with E-state index in [0.29, 0.717) is 6.07 Å². The molecule has 16 heavy (non-hydrogen) atoms. The number of hydrogen-bond acceptors (Lipinski definition) is 1. The summed E-state index contributed by atoms with van der Waals surface area (Å²) in [7, 11) is 0. The van der Waals surface area contributed by atoms with E-state index < -0.39 is 28.9 Å². The molecular formula is C10H7ClF4O. The van der Waals surface area contributed by atoms with E-state index in [1.807, 2.05) is 0 Å². The van der Waals surface area contributed by atoms with Gasteiger partial charge in [-0.3, -0.25) is 4.79 Å². The van der Waals surface area contributed by atoms with Crippen LogP contribution in [0.5, 0.6) is 0 Å². The van der Waals surface area contributed by atoms with E-state index >= 15 is 0 Å². The van der Waals surface area contributed by atoms with Crippen molar-refractivity contribution in [3.8, 4) is 0 Å². The molecule has 0 heterocycles. The van der Waals surface area contributed by atoms with Gasteiger partial charge in [-0.25, -0.2) is 4.39 Å². The molecule has 0 bridgehead atoms. The van der Waals surface area contributed by atoms with Gasteiger partial charge in [0.05, 0.1) is 0 Å². The van der Waals surface area contributed by atoms with Crippen molar-refractivity contribution < 1.29 is 22.4 Å². The molecule has 0 fully saturated rings. The summed E-state index contributed by atoms with van der Waals surface area (Å²) in [5.74, 6) is -2.37. The number of hydrogen-bond donors (Lipinski definition) is 0. The smallest absolute Gasteiger partial charge is 0.294 e. The summed E-state index contributed by atoms with van der Waals surface area (Å²) >= 11 is 5.26. The highest BCUT2D eigenvalue weighted by Gasteiger charge is 2.38. The lowest BCUT2D eigenvalue weighted by atomic mass is 10.0. The van der Waals surface area contributed by atoms with Crippen LogP contribution in [-0.2, 0) is 6.18 Å². The lowest BCUT2D eigenvalue weighted by molar-refractivity contribution is -0.140. The van der Waals surface area contributed by atoms with Crippen LogP contribution in [0.25, 0.3) is 0 Å². The first-order valence-electron chi connectivity index (χ1n) is 4.32. The molecule has 0 aliphatic rings. The summed E-state index contributed by atoms with van der Waals surface area (Å²) in [6.07, 6.45) is -5.14. The van der Waals surface area contributed by atoms with Gasteiger partial charge in [0.1, 0.15) is 11.4 Å². The Morgan fingerprint density at radius 1 is 1.31 bits per heavy atom. The van der Waals surface area contributed by atoms with Gasteiger partial charge in [-0.05, 0) is 6.07 Å². The normalized spacial score (nSPS) is 11.6. The van der Waals surface area contributed by atoms with Crippen molar-refractivity contribution in [3.63, 3.8) is 0 Å². The fourth-order valence-corrected chi connectivity index (χ4v) is 1.44.